The maximum atomic E-state index is 5.89. The molecule has 3 nitrogen and oxygen atoms in total. The quantitative estimate of drug-likeness (QED) is 0.487. The first kappa shape index (κ1) is 18.1. The van der Waals surface area contributed by atoms with Gasteiger partial charge in [-0.1, -0.05) is 13.3 Å². The molecule has 3 heteroatoms. The molecule has 0 spiro atoms. The van der Waals surface area contributed by atoms with Crippen LogP contribution in [0.5, 0.6) is 11.5 Å². The van der Waals surface area contributed by atoms with Gasteiger partial charge >= 0.3 is 0 Å². The van der Waals surface area contributed by atoms with E-state index in [0.29, 0.717) is 0 Å². The fourth-order valence-electron chi connectivity index (χ4n) is 3.28. The highest BCUT2D eigenvalue weighted by Gasteiger charge is 2.22. The molecule has 1 aromatic carbocycles. The van der Waals surface area contributed by atoms with Crippen LogP contribution in [0.25, 0.3) is 0 Å². The van der Waals surface area contributed by atoms with E-state index in [1.54, 1.807) is 0 Å². The van der Waals surface area contributed by atoms with E-state index in [1.165, 1.54) is 56.2 Å². The third-order valence-electron chi connectivity index (χ3n) is 4.85. The Morgan fingerprint density at radius 2 is 1.35 bits per heavy atom. The van der Waals surface area contributed by atoms with Crippen LogP contribution in [0.4, 0.5) is 0 Å². The Hall–Kier alpha value is -1.22. The van der Waals surface area contributed by atoms with Crippen molar-refractivity contribution in [1.82, 2.24) is 0 Å². The fraction of sp³-hybridized carbons (Fsp3) is 0.700. The molecular weight excluding hydrogens is 286 g/mol. The normalized spacial score (nSPS) is 17.5. The molecule has 23 heavy (non-hydrogen) atoms. The van der Waals surface area contributed by atoms with Gasteiger partial charge in [-0.05, 0) is 56.4 Å². The highest BCUT2D eigenvalue weighted by Crippen LogP contribution is 2.19. The van der Waals surface area contributed by atoms with Crippen molar-refractivity contribution in [3.05, 3.63) is 24.3 Å². The summed E-state index contributed by atoms with van der Waals surface area (Å²) in [5, 5.41) is 0. The lowest BCUT2D eigenvalue weighted by Gasteiger charge is -2.33. The van der Waals surface area contributed by atoms with Crippen LogP contribution in [-0.4, -0.2) is 44.4 Å². The highest BCUT2D eigenvalue weighted by molar-refractivity contribution is 5.31. The number of benzene rings is 1. The second kappa shape index (κ2) is 9.82. The summed E-state index contributed by atoms with van der Waals surface area (Å²) in [6.07, 6.45) is 9.00. The number of ether oxygens (including phenoxy) is 2. The number of likely N-dealkylation sites (tertiary alicyclic amines) is 1. The van der Waals surface area contributed by atoms with Crippen LogP contribution >= 0.6 is 0 Å². The largest absolute Gasteiger partial charge is 0.494 e. The van der Waals surface area contributed by atoms with Gasteiger partial charge in [0, 0.05) is 6.42 Å². The zero-order chi connectivity index (χ0) is 16.4. The van der Waals surface area contributed by atoms with E-state index in [-0.39, 0.29) is 0 Å². The molecule has 130 valence electrons. The second-order valence-electron chi connectivity index (χ2n) is 7.08. The summed E-state index contributed by atoms with van der Waals surface area (Å²) in [7, 11) is 2.41. The molecule has 0 radical (unpaired) electrons. The van der Waals surface area contributed by atoms with Gasteiger partial charge in [-0.3, -0.25) is 0 Å². The second-order valence-corrected chi connectivity index (χ2v) is 7.08. The van der Waals surface area contributed by atoms with Crippen LogP contribution < -0.4 is 9.47 Å². The van der Waals surface area contributed by atoms with E-state index in [0.717, 1.165) is 37.6 Å². The van der Waals surface area contributed by atoms with E-state index < -0.39 is 0 Å². The molecule has 0 aromatic heterocycles. The predicted octanol–water partition coefficient (Wildman–Crippen LogP) is 4.66. The van der Waals surface area contributed by atoms with Gasteiger partial charge in [0.2, 0.25) is 0 Å². The van der Waals surface area contributed by atoms with Crippen molar-refractivity contribution in [1.29, 1.82) is 0 Å². The van der Waals surface area contributed by atoms with Gasteiger partial charge in [-0.25, -0.2) is 0 Å². The SMILES string of the molecule is CCCCOc1ccc(OCCC[N+]2(C)CCCCCC2)cc1. The molecule has 1 fully saturated rings. The summed E-state index contributed by atoms with van der Waals surface area (Å²) in [6.45, 7) is 7.69. The number of rotatable bonds is 9. The molecule has 1 heterocycles. The monoisotopic (exact) mass is 320 g/mol. The number of hydrogen-bond acceptors (Lipinski definition) is 2. The average molecular weight is 320 g/mol. The number of unbranched alkanes of at least 4 members (excludes halogenated alkanes) is 1. The predicted molar refractivity (Wildman–Crippen MR) is 96.2 cm³/mol. The van der Waals surface area contributed by atoms with Crippen LogP contribution in [0.2, 0.25) is 0 Å². The maximum Gasteiger partial charge on any atom is 0.119 e. The molecule has 0 N–H and O–H groups in total. The highest BCUT2D eigenvalue weighted by atomic mass is 16.5. The number of nitrogens with zero attached hydrogens (tertiary/aromatic N) is 1. The first-order chi connectivity index (χ1) is 11.2. The Labute approximate surface area is 142 Å². The molecule has 0 saturated carbocycles. The lowest BCUT2D eigenvalue weighted by molar-refractivity contribution is -0.909. The molecule has 1 aromatic rings. The van der Waals surface area contributed by atoms with Gasteiger partial charge in [0.05, 0.1) is 39.9 Å². The van der Waals surface area contributed by atoms with Crippen molar-refractivity contribution in [2.24, 2.45) is 0 Å². The Morgan fingerprint density at radius 1 is 0.826 bits per heavy atom. The molecule has 0 bridgehead atoms. The summed E-state index contributed by atoms with van der Waals surface area (Å²) in [4.78, 5) is 0. The zero-order valence-electron chi connectivity index (χ0n) is 15.1. The van der Waals surface area contributed by atoms with Crippen molar-refractivity contribution in [3.8, 4) is 11.5 Å². The summed E-state index contributed by atoms with van der Waals surface area (Å²) < 4.78 is 12.8. The van der Waals surface area contributed by atoms with Crippen molar-refractivity contribution >= 4 is 0 Å². The molecule has 0 amide bonds. The third kappa shape index (κ3) is 6.82. The van der Waals surface area contributed by atoms with Crippen molar-refractivity contribution in [3.63, 3.8) is 0 Å². The van der Waals surface area contributed by atoms with E-state index in [2.05, 4.69) is 14.0 Å². The minimum absolute atomic E-state index is 0.799. The van der Waals surface area contributed by atoms with Crippen LogP contribution in [0.3, 0.4) is 0 Å². The van der Waals surface area contributed by atoms with Gasteiger partial charge in [0.25, 0.3) is 0 Å². The maximum absolute atomic E-state index is 5.89. The van der Waals surface area contributed by atoms with Gasteiger partial charge in [0.15, 0.2) is 0 Å². The van der Waals surface area contributed by atoms with Crippen LogP contribution in [-0.2, 0) is 0 Å². The summed E-state index contributed by atoms with van der Waals surface area (Å²) in [5.74, 6) is 1.89. The van der Waals surface area contributed by atoms with Gasteiger partial charge in [-0.2, -0.15) is 0 Å². The molecule has 0 atom stereocenters. The fourth-order valence-corrected chi connectivity index (χ4v) is 3.28. The number of hydrogen-bond donors (Lipinski definition) is 0. The van der Waals surface area contributed by atoms with E-state index in [1.807, 2.05) is 24.3 Å². The Bertz CT molecular complexity index is 422. The lowest BCUT2D eigenvalue weighted by atomic mass is 10.2. The van der Waals surface area contributed by atoms with E-state index >= 15 is 0 Å². The molecule has 2 rings (SSSR count). The molecule has 0 unspecified atom stereocenters. The summed E-state index contributed by atoms with van der Waals surface area (Å²) >= 11 is 0. The topological polar surface area (TPSA) is 18.5 Å². The zero-order valence-corrected chi connectivity index (χ0v) is 15.1. The minimum Gasteiger partial charge on any atom is -0.494 e. The molecule has 1 saturated heterocycles. The molecule has 1 aliphatic heterocycles. The standard InChI is InChI=1S/C20H34NO2/c1-3-4-17-22-19-10-12-20(13-11-19)23-18-9-16-21(2)14-7-5-6-8-15-21/h10-13H,3-9,14-18H2,1-2H3/q+1. The van der Waals surface area contributed by atoms with Gasteiger partial charge < -0.3 is 14.0 Å². The Morgan fingerprint density at radius 3 is 1.87 bits per heavy atom. The minimum atomic E-state index is 0.799. The average Bonchev–Trinajstić information content (AvgIpc) is 2.78. The van der Waals surface area contributed by atoms with Crippen LogP contribution in [0.1, 0.15) is 51.9 Å². The summed E-state index contributed by atoms with van der Waals surface area (Å²) in [5.41, 5.74) is 0. The summed E-state index contributed by atoms with van der Waals surface area (Å²) in [6, 6.07) is 8.05. The third-order valence-corrected chi connectivity index (χ3v) is 4.85. The van der Waals surface area contributed by atoms with Crippen molar-refractivity contribution < 1.29 is 14.0 Å². The first-order valence-corrected chi connectivity index (χ1v) is 9.41. The smallest absolute Gasteiger partial charge is 0.119 e. The Balaban J connectivity index is 1.65. The molecule has 0 aliphatic carbocycles. The van der Waals surface area contributed by atoms with Crippen LogP contribution in [0.15, 0.2) is 24.3 Å². The molecular formula is C20H34NO2+. The van der Waals surface area contributed by atoms with E-state index in [4.69, 9.17) is 9.47 Å². The van der Waals surface area contributed by atoms with Crippen LogP contribution in [0, 0.1) is 0 Å². The van der Waals surface area contributed by atoms with Crippen molar-refractivity contribution in [2.45, 2.75) is 51.9 Å². The number of quaternary nitrogens is 1. The Kier molecular flexibility index (Phi) is 7.73. The molecule has 1 aliphatic rings. The van der Waals surface area contributed by atoms with Gasteiger partial charge in [0.1, 0.15) is 11.5 Å². The lowest BCUT2D eigenvalue weighted by Crippen LogP contribution is -2.45. The first-order valence-electron chi connectivity index (χ1n) is 9.41. The van der Waals surface area contributed by atoms with E-state index in [9.17, 15) is 0 Å². The van der Waals surface area contributed by atoms with Gasteiger partial charge in [-0.15, -0.1) is 0 Å². The van der Waals surface area contributed by atoms with Crippen molar-refractivity contribution in [2.75, 3.05) is 39.9 Å².